The molecule has 1 aliphatic heterocycles. The fourth-order valence-electron chi connectivity index (χ4n) is 2.47. The van der Waals surface area contributed by atoms with Crippen molar-refractivity contribution in [3.63, 3.8) is 0 Å². The van der Waals surface area contributed by atoms with Crippen LogP contribution in [0.3, 0.4) is 0 Å². The van der Waals surface area contributed by atoms with Crippen LogP contribution in [0.15, 0.2) is 0 Å². The molecule has 13 heavy (non-hydrogen) atoms. The third-order valence-corrected chi connectivity index (χ3v) is 3.64. The Hall–Kier alpha value is -0.0800. The molecule has 1 heterocycles. The summed E-state index contributed by atoms with van der Waals surface area (Å²) in [6.07, 6.45) is 2.88. The Morgan fingerprint density at radius 2 is 2.08 bits per heavy atom. The van der Waals surface area contributed by atoms with Gasteiger partial charge in [0.1, 0.15) is 0 Å². The van der Waals surface area contributed by atoms with Gasteiger partial charge in [-0.1, -0.05) is 0 Å². The van der Waals surface area contributed by atoms with Crippen LogP contribution in [0.2, 0.25) is 0 Å². The van der Waals surface area contributed by atoms with Crippen LogP contribution in [-0.2, 0) is 0 Å². The first-order valence-corrected chi connectivity index (χ1v) is 5.59. The van der Waals surface area contributed by atoms with Crippen molar-refractivity contribution in [2.45, 2.75) is 45.7 Å². The summed E-state index contributed by atoms with van der Waals surface area (Å²) in [5.41, 5.74) is 0.662. The van der Waals surface area contributed by atoms with Crippen LogP contribution >= 0.6 is 0 Å². The van der Waals surface area contributed by atoms with Crippen LogP contribution in [-0.4, -0.2) is 36.6 Å². The smallest absolute Gasteiger partial charge is 0.0195 e. The van der Waals surface area contributed by atoms with Crippen molar-refractivity contribution in [2.75, 3.05) is 19.6 Å². The minimum atomic E-state index is 0.662. The summed E-state index contributed by atoms with van der Waals surface area (Å²) in [5.74, 6) is 0. The highest BCUT2D eigenvalue weighted by Gasteiger charge is 2.45. The molecule has 0 amide bonds. The largest absolute Gasteiger partial charge is 0.315 e. The zero-order chi connectivity index (χ0) is 9.47. The van der Waals surface area contributed by atoms with Gasteiger partial charge >= 0.3 is 0 Å². The van der Waals surface area contributed by atoms with Gasteiger partial charge < -0.3 is 5.32 Å². The molecule has 1 aliphatic carbocycles. The molecule has 2 rings (SSSR count). The molecule has 2 fully saturated rings. The Kier molecular flexibility index (Phi) is 2.37. The van der Waals surface area contributed by atoms with Crippen LogP contribution in [0, 0.1) is 5.41 Å². The van der Waals surface area contributed by atoms with E-state index in [2.05, 4.69) is 31.0 Å². The van der Waals surface area contributed by atoms with Gasteiger partial charge in [-0.15, -0.1) is 0 Å². The normalized spacial score (nSPS) is 33.7. The second kappa shape index (κ2) is 3.25. The summed E-state index contributed by atoms with van der Waals surface area (Å²) >= 11 is 0. The van der Waals surface area contributed by atoms with Gasteiger partial charge in [-0.25, -0.2) is 0 Å². The molecule has 0 aromatic rings. The molecule has 2 aliphatic rings. The van der Waals surface area contributed by atoms with Gasteiger partial charge in [0.2, 0.25) is 0 Å². The maximum Gasteiger partial charge on any atom is 0.0195 e. The first kappa shape index (κ1) is 9.47. The predicted molar refractivity (Wildman–Crippen MR) is 55.8 cm³/mol. The molecule has 0 aromatic heterocycles. The Bertz CT molecular complexity index is 185. The highest BCUT2D eigenvalue weighted by Crippen LogP contribution is 2.46. The van der Waals surface area contributed by atoms with Crippen molar-refractivity contribution in [1.82, 2.24) is 10.2 Å². The number of hydrogen-bond donors (Lipinski definition) is 1. The predicted octanol–water partition coefficient (Wildman–Crippen LogP) is 1.47. The average molecular weight is 182 g/mol. The lowest BCUT2D eigenvalue weighted by Gasteiger charge is -2.32. The van der Waals surface area contributed by atoms with Crippen LogP contribution < -0.4 is 5.32 Å². The van der Waals surface area contributed by atoms with Crippen LogP contribution in [0.25, 0.3) is 0 Å². The first-order valence-electron chi connectivity index (χ1n) is 5.59. The Morgan fingerprint density at radius 1 is 1.38 bits per heavy atom. The fourth-order valence-corrected chi connectivity index (χ4v) is 2.47. The van der Waals surface area contributed by atoms with E-state index in [1.54, 1.807) is 0 Å². The van der Waals surface area contributed by atoms with Crippen LogP contribution in [0.5, 0.6) is 0 Å². The number of nitrogens with zero attached hydrogens (tertiary/aromatic N) is 1. The van der Waals surface area contributed by atoms with E-state index in [1.165, 1.54) is 32.5 Å². The zero-order valence-electron chi connectivity index (χ0n) is 9.14. The Labute approximate surface area is 81.7 Å². The summed E-state index contributed by atoms with van der Waals surface area (Å²) in [6.45, 7) is 10.7. The van der Waals surface area contributed by atoms with Gasteiger partial charge in [-0.2, -0.15) is 0 Å². The summed E-state index contributed by atoms with van der Waals surface area (Å²) < 4.78 is 0. The maximum atomic E-state index is 3.59. The molecule has 1 atom stereocenters. The van der Waals surface area contributed by atoms with Gasteiger partial charge in [0.05, 0.1) is 0 Å². The molecular weight excluding hydrogens is 160 g/mol. The third-order valence-electron chi connectivity index (χ3n) is 3.64. The maximum absolute atomic E-state index is 3.59. The lowest BCUT2D eigenvalue weighted by Crippen LogP contribution is -2.42. The van der Waals surface area contributed by atoms with Crippen molar-refractivity contribution < 1.29 is 0 Å². The minimum Gasteiger partial charge on any atom is -0.315 e. The monoisotopic (exact) mass is 182 g/mol. The van der Waals surface area contributed by atoms with Gasteiger partial charge in [0, 0.05) is 31.7 Å². The third kappa shape index (κ3) is 1.89. The van der Waals surface area contributed by atoms with Crippen molar-refractivity contribution in [2.24, 2.45) is 5.41 Å². The van der Waals surface area contributed by atoms with Crippen molar-refractivity contribution in [3.8, 4) is 0 Å². The first-order chi connectivity index (χ1) is 6.13. The average Bonchev–Trinajstić information content (AvgIpc) is 2.82. The van der Waals surface area contributed by atoms with E-state index in [1.807, 2.05) is 0 Å². The molecule has 1 spiro atoms. The van der Waals surface area contributed by atoms with E-state index in [4.69, 9.17) is 0 Å². The van der Waals surface area contributed by atoms with Crippen molar-refractivity contribution in [3.05, 3.63) is 0 Å². The summed E-state index contributed by atoms with van der Waals surface area (Å²) in [6, 6.07) is 1.41. The summed E-state index contributed by atoms with van der Waals surface area (Å²) in [5, 5.41) is 3.59. The van der Waals surface area contributed by atoms with E-state index in [-0.39, 0.29) is 0 Å². The van der Waals surface area contributed by atoms with E-state index >= 15 is 0 Å². The SMILES string of the molecule is CC(C)N1CC2(CC2)CNCC1C. The molecule has 76 valence electrons. The molecule has 1 N–H and O–H groups in total. The number of nitrogens with one attached hydrogen (secondary N) is 1. The molecule has 0 radical (unpaired) electrons. The van der Waals surface area contributed by atoms with Gasteiger partial charge in [-0.05, 0) is 39.0 Å². The van der Waals surface area contributed by atoms with Crippen LogP contribution in [0.4, 0.5) is 0 Å². The molecule has 0 bridgehead atoms. The fraction of sp³-hybridized carbons (Fsp3) is 1.00. The van der Waals surface area contributed by atoms with E-state index in [0.29, 0.717) is 17.5 Å². The second-order valence-corrected chi connectivity index (χ2v) is 5.25. The summed E-state index contributed by atoms with van der Waals surface area (Å²) in [4.78, 5) is 2.66. The standard InChI is InChI=1S/C11H22N2/c1-9(2)13-8-11(4-5-11)7-12-6-10(13)3/h9-10,12H,4-8H2,1-3H3. The summed E-state index contributed by atoms with van der Waals surface area (Å²) in [7, 11) is 0. The molecule has 0 aromatic carbocycles. The minimum absolute atomic E-state index is 0.662. The highest BCUT2D eigenvalue weighted by atomic mass is 15.2. The molecule has 2 nitrogen and oxygen atoms in total. The lowest BCUT2D eigenvalue weighted by atomic mass is 10.1. The van der Waals surface area contributed by atoms with E-state index in [9.17, 15) is 0 Å². The molecular formula is C11H22N2. The molecule has 1 unspecified atom stereocenters. The Balaban J connectivity index is 2.04. The lowest BCUT2D eigenvalue weighted by molar-refractivity contribution is 0.151. The molecule has 2 heteroatoms. The van der Waals surface area contributed by atoms with E-state index in [0.717, 1.165) is 0 Å². The quantitative estimate of drug-likeness (QED) is 0.660. The topological polar surface area (TPSA) is 15.3 Å². The van der Waals surface area contributed by atoms with Gasteiger partial charge in [0.25, 0.3) is 0 Å². The molecule has 1 saturated heterocycles. The second-order valence-electron chi connectivity index (χ2n) is 5.25. The van der Waals surface area contributed by atoms with Crippen LogP contribution in [0.1, 0.15) is 33.6 Å². The van der Waals surface area contributed by atoms with Crippen molar-refractivity contribution in [1.29, 1.82) is 0 Å². The van der Waals surface area contributed by atoms with Crippen molar-refractivity contribution >= 4 is 0 Å². The van der Waals surface area contributed by atoms with Gasteiger partial charge in [-0.3, -0.25) is 4.90 Å². The molecule has 1 saturated carbocycles. The highest BCUT2D eigenvalue weighted by molar-refractivity contribution is 5.00. The van der Waals surface area contributed by atoms with Gasteiger partial charge in [0.15, 0.2) is 0 Å². The van der Waals surface area contributed by atoms with E-state index < -0.39 is 0 Å². The number of rotatable bonds is 1. The number of hydrogen-bond acceptors (Lipinski definition) is 2. The zero-order valence-corrected chi connectivity index (χ0v) is 9.14. The Morgan fingerprint density at radius 3 is 2.62 bits per heavy atom.